The monoisotopic (exact) mass is 409 g/mol. The quantitative estimate of drug-likeness (QED) is 0.710. The van der Waals surface area contributed by atoms with Crippen molar-refractivity contribution in [3.05, 3.63) is 82.7 Å². The lowest BCUT2D eigenvalue weighted by Crippen LogP contribution is -2.43. The number of sulfonamides is 1. The van der Waals surface area contributed by atoms with Crippen molar-refractivity contribution in [1.82, 2.24) is 4.31 Å². The first-order chi connectivity index (χ1) is 13.6. The van der Waals surface area contributed by atoms with Crippen LogP contribution in [0.5, 0.6) is 0 Å². The summed E-state index contributed by atoms with van der Waals surface area (Å²) >= 11 is 1.23. The minimum Gasteiger partial charge on any atom is -0.383 e. The van der Waals surface area contributed by atoms with Crippen LogP contribution in [0.2, 0.25) is 0 Å². The van der Waals surface area contributed by atoms with Crippen molar-refractivity contribution >= 4 is 27.0 Å². The number of nitrogens with zero attached hydrogens (tertiary/aromatic N) is 2. The Morgan fingerprint density at radius 3 is 2.68 bits per heavy atom. The zero-order valence-corrected chi connectivity index (χ0v) is 16.7. The van der Waals surface area contributed by atoms with E-state index in [2.05, 4.69) is 11.4 Å². The molecule has 1 aromatic heterocycles. The lowest BCUT2D eigenvalue weighted by Gasteiger charge is -2.28. The molecule has 2 heterocycles. The largest absolute Gasteiger partial charge is 0.383 e. The van der Waals surface area contributed by atoms with Gasteiger partial charge >= 0.3 is 0 Å². The molecule has 1 unspecified atom stereocenters. The van der Waals surface area contributed by atoms with E-state index in [4.69, 9.17) is 0 Å². The standard InChI is InChI=1S/C21H19N3O2S2/c22-13-17-8-9-20-18(11-17)15-24(28(25,26)21-7-4-10-27-21)19(14-23-20)12-16-5-2-1-3-6-16/h1-11,19,23H,12,14-15H2. The molecule has 7 heteroatoms. The Kier molecular flexibility index (Phi) is 5.18. The van der Waals surface area contributed by atoms with Gasteiger partial charge in [0.15, 0.2) is 0 Å². The molecule has 0 saturated heterocycles. The summed E-state index contributed by atoms with van der Waals surface area (Å²) in [5.41, 5.74) is 3.30. The lowest BCUT2D eigenvalue weighted by atomic mass is 10.1. The average molecular weight is 410 g/mol. The van der Waals surface area contributed by atoms with Gasteiger partial charge in [0.2, 0.25) is 0 Å². The first kappa shape index (κ1) is 18.7. The molecule has 5 nitrogen and oxygen atoms in total. The summed E-state index contributed by atoms with van der Waals surface area (Å²) in [5, 5.41) is 14.4. The van der Waals surface area contributed by atoms with Crippen LogP contribution in [0.3, 0.4) is 0 Å². The summed E-state index contributed by atoms with van der Waals surface area (Å²) in [6, 6.07) is 20.6. The molecule has 0 bridgehead atoms. The summed E-state index contributed by atoms with van der Waals surface area (Å²) in [5.74, 6) is 0. The van der Waals surface area contributed by atoms with E-state index >= 15 is 0 Å². The van der Waals surface area contributed by atoms with E-state index in [1.54, 1.807) is 34.0 Å². The highest BCUT2D eigenvalue weighted by Crippen LogP contribution is 2.31. The summed E-state index contributed by atoms with van der Waals surface area (Å²) in [6.07, 6.45) is 0.609. The van der Waals surface area contributed by atoms with Gasteiger partial charge in [-0.2, -0.15) is 9.57 Å². The highest BCUT2D eigenvalue weighted by molar-refractivity contribution is 7.91. The molecule has 0 amide bonds. The topological polar surface area (TPSA) is 73.2 Å². The predicted molar refractivity (Wildman–Crippen MR) is 111 cm³/mol. The molecule has 142 valence electrons. The number of nitrogens with one attached hydrogen (secondary N) is 1. The van der Waals surface area contributed by atoms with Crippen LogP contribution in [0.4, 0.5) is 5.69 Å². The number of hydrogen-bond donors (Lipinski definition) is 1. The first-order valence-electron chi connectivity index (χ1n) is 8.94. The second-order valence-corrected chi connectivity index (χ2v) is 9.76. The van der Waals surface area contributed by atoms with Crippen LogP contribution in [0.1, 0.15) is 16.7 Å². The van der Waals surface area contributed by atoms with E-state index in [-0.39, 0.29) is 12.6 Å². The van der Waals surface area contributed by atoms with Gasteiger partial charge in [0.1, 0.15) is 4.21 Å². The number of rotatable bonds is 4. The molecule has 0 fully saturated rings. The van der Waals surface area contributed by atoms with Crippen LogP contribution in [0.25, 0.3) is 0 Å². The second kappa shape index (κ2) is 7.76. The van der Waals surface area contributed by atoms with E-state index < -0.39 is 10.0 Å². The van der Waals surface area contributed by atoms with Gasteiger partial charge in [0, 0.05) is 24.8 Å². The van der Waals surface area contributed by atoms with Crippen LogP contribution >= 0.6 is 11.3 Å². The Hall–Kier alpha value is -2.66. The van der Waals surface area contributed by atoms with E-state index in [1.807, 2.05) is 36.4 Å². The molecule has 0 saturated carbocycles. The predicted octanol–water partition coefficient (Wildman–Crippen LogP) is 3.85. The van der Waals surface area contributed by atoms with Gasteiger partial charge in [0.25, 0.3) is 10.0 Å². The molecular formula is C21H19N3O2S2. The zero-order valence-electron chi connectivity index (χ0n) is 15.1. The van der Waals surface area contributed by atoms with Gasteiger partial charge in [0.05, 0.1) is 11.6 Å². The summed E-state index contributed by atoms with van der Waals surface area (Å²) in [7, 11) is -3.64. The van der Waals surface area contributed by atoms with Crippen molar-refractivity contribution in [3.63, 3.8) is 0 Å². The molecule has 3 aromatic rings. The zero-order chi connectivity index (χ0) is 19.6. The maximum absolute atomic E-state index is 13.4. The third-order valence-electron chi connectivity index (χ3n) is 4.87. The fourth-order valence-corrected chi connectivity index (χ4v) is 6.18. The Bertz CT molecular complexity index is 1100. The molecule has 28 heavy (non-hydrogen) atoms. The van der Waals surface area contributed by atoms with E-state index in [0.29, 0.717) is 22.7 Å². The first-order valence-corrected chi connectivity index (χ1v) is 11.3. The minimum atomic E-state index is -3.64. The number of hydrogen-bond acceptors (Lipinski definition) is 5. The number of fused-ring (bicyclic) bond motifs is 1. The second-order valence-electron chi connectivity index (χ2n) is 6.69. The molecule has 1 aliphatic rings. The van der Waals surface area contributed by atoms with E-state index in [1.165, 1.54) is 11.3 Å². The van der Waals surface area contributed by atoms with Gasteiger partial charge < -0.3 is 5.32 Å². The molecule has 0 radical (unpaired) electrons. The highest BCUT2D eigenvalue weighted by atomic mass is 32.2. The van der Waals surface area contributed by atoms with E-state index in [9.17, 15) is 13.7 Å². The maximum Gasteiger partial charge on any atom is 0.253 e. The van der Waals surface area contributed by atoms with Crippen LogP contribution < -0.4 is 5.32 Å². The fraction of sp³-hybridized carbons (Fsp3) is 0.190. The molecule has 1 atom stereocenters. The number of anilines is 1. The molecule has 2 aromatic carbocycles. The van der Waals surface area contributed by atoms with Crippen LogP contribution in [0, 0.1) is 11.3 Å². The maximum atomic E-state index is 13.4. The fourth-order valence-electron chi connectivity index (χ4n) is 3.46. The third-order valence-corrected chi connectivity index (χ3v) is 8.14. The number of nitriles is 1. The average Bonchev–Trinajstić information content (AvgIpc) is 3.20. The number of thiophene rings is 1. The van der Waals surface area contributed by atoms with Gasteiger partial charge in [-0.15, -0.1) is 11.3 Å². The Morgan fingerprint density at radius 2 is 1.96 bits per heavy atom. The highest BCUT2D eigenvalue weighted by Gasteiger charge is 2.34. The SMILES string of the molecule is N#Cc1ccc2c(c1)CN(S(=O)(=O)c1cccs1)C(Cc1ccccc1)CN2. The van der Waals surface area contributed by atoms with Gasteiger partial charge in [-0.25, -0.2) is 8.42 Å². The normalized spacial score (nSPS) is 17.2. The van der Waals surface area contributed by atoms with Crippen molar-refractivity contribution in [2.75, 3.05) is 11.9 Å². The number of benzene rings is 2. The molecule has 0 spiro atoms. The molecule has 1 aliphatic heterocycles. The Balaban J connectivity index is 1.76. The van der Waals surface area contributed by atoms with E-state index in [0.717, 1.165) is 16.8 Å². The summed E-state index contributed by atoms with van der Waals surface area (Å²) < 4.78 is 28.7. The molecule has 1 N–H and O–H groups in total. The van der Waals surface area contributed by atoms with Gasteiger partial charge in [-0.3, -0.25) is 0 Å². The third kappa shape index (κ3) is 3.67. The summed E-state index contributed by atoms with van der Waals surface area (Å²) in [6.45, 7) is 0.730. The van der Waals surface area contributed by atoms with Crippen molar-refractivity contribution in [1.29, 1.82) is 5.26 Å². The van der Waals surface area contributed by atoms with Gasteiger partial charge in [-0.05, 0) is 47.2 Å². The summed E-state index contributed by atoms with van der Waals surface area (Å²) in [4.78, 5) is 0. The van der Waals surface area contributed by atoms with Crippen molar-refractivity contribution in [2.24, 2.45) is 0 Å². The van der Waals surface area contributed by atoms with Crippen LogP contribution in [-0.4, -0.2) is 25.3 Å². The Morgan fingerprint density at radius 1 is 1.14 bits per heavy atom. The Labute approximate surface area is 168 Å². The molecular weight excluding hydrogens is 390 g/mol. The van der Waals surface area contributed by atoms with Crippen molar-refractivity contribution < 1.29 is 8.42 Å². The lowest BCUT2D eigenvalue weighted by molar-refractivity contribution is 0.326. The minimum absolute atomic E-state index is 0.232. The van der Waals surface area contributed by atoms with Gasteiger partial charge in [-0.1, -0.05) is 36.4 Å². The molecule has 0 aliphatic carbocycles. The van der Waals surface area contributed by atoms with Crippen LogP contribution in [0.15, 0.2) is 70.3 Å². The van der Waals surface area contributed by atoms with Crippen LogP contribution in [-0.2, 0) is 23.0 Å². The smallest absolute Gasteiger partial charge is 0.253 e. The van der Waals surface area contributed by atoms with Crippen molar-refractivity contribution in [3.8, 4) is 6.07 Å². The van der Waals surface area contributed by atoms with Crippen molar-refractivity contribution in [2.45, 2.75) is 23.2 Å². The molecule has 4 rings (SSSR count).